The van der Waals surface area contributed by atoms with Crippen molar-refractivity contribution in [1.29, 1.82) is 0 Å². The van der Waals surface area contributed by atoms with Gasteiger partial charge in [0, 0.05) is 119 Å². The molecule has 1 N–H and O–H groups in total. The van der Waals surface area contributed by atoms with Crippen LogP contribution in [-0.4, -0.2) is 229 Å². The molecule has 3 aliphatic rings. The minimum Gasteiger partial charge on any atom is -0.465 e. The van der Waals surface area contributed by atoms with Crippen molar-refractivity contribution in [2.24, 2.45) is 5.41 Å². The van der Waals surface area contributed by atoms with Gasteiger partial charge in [0.1, 0.15) is 19.8 Å². The van der Waals surface area contributed by atoms with E-state index in [9.17, 15) is 62.6 Å². The van der Waals surface area contributed by atoms with Crippen molar-refractivity contribution in [1.82, 2.24) is 0 Å². The number of carbonyl (C=O) groups is 12. The van der Waals surface area contributed by atoms with Gasteiger partial charge in [-0.1, -0.05) is 0 Å². The lowest BCUT2D eigenvalue weighted by Gasteiger charge is -2.44. The van der Waals surface area contributed by atoms with Gasteiger partial charge in [0.15, 0.2) is 54.9 Å². The van der Waals surface area contributed by atoms with Gasteiger partial charge in [-0.3, -0.25) is 57.5 Å². The fraction of sp³-hybridized carbons (Fsp3) is 0.786. The Morgan fingerprint density at radius 1 is 0.299 bits per heavy atom. The molecule has 0 unspecified atom stereocenters. The van der Waals surface area contributed by atoms with Crippen LogP contribution in [0, 0.1) is 5.41 Å². The van der Waals surface area contributed by atoms with E-state index in [1.54, 1.807) is 0 Å². The lowest BCUT2D eigenvalue weighted by Crippen LogP contribution is -2.58. The Kier molecular flexibility index (Phi) is 33.2. The molecule has 3 fully saturated rings. The van der Waals surface area contributed by atoms with Crippen LogP contribution >= 0.6 is 35.3 Å². The SMILES string of the molecule is CC(=O)OC[C@@H]1S[C@H](CCCOCC(CO)(COCCC[C@H]2S[C@@H](COC(C)=O)[C@@H](OC(C)=O)[C@H](OC(C)=O)[C@H]2OC(C)=O)COCCC[C@H]2S[C@@H](COC(C)=O)[C@@H](OC(C)=O)[C@H](OC(C)=O)[C@H]2OC(C)=O)[C@H](OC(C)=O)[C@@H](OC(C)=O)[C@@H]1OC(C)=O. The second kappa shape index (κ2) is 38.2. The van der Waals surface area contributed by atoms with Gasteiger partial charge in [-0.25, -0.2) is 0 Å². The monoisotopic (exact) mass is 1300 g/mol. The van der Waals surface area contributed by atoms with Crippen LogP contribution in [0.2, 0.25) is 0 Å². The highest BCUT2D eigenvalue weighted by molar-refractivity contribution is 8.01. The van der Waals surface area contributed by atoms with E-state index in [1.165, 1.54) is 76.8 Å². The lowest BCUT2D eigenvalue weighted by molar-refractivity contribution is -0.186. The normalized spacial score (nSPS) is 26.9. The number of esters is 12. The Balaban J connectivity index is 1.91. The Hall–Kier alpha value is -5.47. The average molecular weight is 1300 g/mol. The summed E-state index contributed by atoms with van der Waals surface area (Å²) in [6, 6.07) is 0. The van der Waals surface area contributed by atoms with E-state index >= 15 is 0 Å². The third-order valence-corrected chi connectivity index (χ3v) is 18.0. The third kappa shape index (κ3) is 27.0. The summed E-state index contributed by atoms with van der Waals surface area (Å²) in [5.41, 5.74) is -1.26. The number of ether oxygens (including phenoxy) is 15. The Morgan fingerprint density at radius 3 is 0.678 bits per heavy atom. The number of aliphatic hydroxyl groups is 1. The summed E-state index contributed by atoms with van der Waals surface area (Å²) in [6.07, 6.45) is -9.09. The van der Waals surface area contributed by atoms with Crippen LogP contribution < -0.4 is 0 Å². The van der Waals surface area contributed by atoms with Crippen LogP contribution in [0.1, 0.15) is 122 Å². The summed E-state index contributed by atoms with van der Waals surface area (Å²) in [7, 11) is 0. The maximum Gasteiger partial charge on any atom is 0.303 e. The zero-order valence-electron chi connectivity index (χ0n) is 51.2. The zero-order valence-corrected chi connectivity index (χ0v) is 53.6. The van der Waals surface area contributed by atoms with Crippen LogP contribution in [0.3, 0.4) is 0 Å². The average Bonchev–Trinajstić information content (AvgIpc) is 0.985. The van der Waals surface area contributed by atoms with Crippen molar-refractivity contribution in [2.45, 2.75) is 208 Å². The molecule has 28 nitrogen and oxygen atoms in total. The van der Waals surface area contributed by atoms with E-state index in [1.807, 2.05) is 0 Å². The van der Waals surface area contributed by atoms with Gasteiger partial charge in [0.05, 0.1) is 47.6 Å². The van der Waals surface area contributed by atoms with Crippen molar-refractivity contribution in [3.63, 3.8) is 0 Å². The molecule has 0 aromatic carbocycles. The molecule has 0 spiro atoms. The Bertz CT molecular complexity index is 2090. The second-order valence-electron chi connectivity index (χ2n) is 21.0. The molecule has 0 saturated carbocycles. The third-order valence-electron chi connectivity index (χ3n) is 13.2. The van der Waals surface area contributed by atoms with Crippen molar-refractivity contribution in [3.8, 4) is 0 Å². The number of carbonyl (C=O) groups excluding carboxylic acids is 12. The molecule has 0 bridgehead atoms. The summed E-state index contributed by atoms with van der Waals surface area (Å²) in [5, 5.41) is 7.09. The highest BCUT2D eigenvalue weighted by Gasteiger charge is 2.54. The molecule has 87 heavy (non-hydrogen) atoms. The van der Waals surface area contributed by atoms with Gasteiger partial charge in [0.2, 0.25) is 0 Å². The summed E-state index contributed by atoms with van der Waals surface area (Å²) < 4.78 is 85.4. The van der Waals surface area contributed by atoms with Crippen molar-refractivity contribution < 1.29 is 134 Å². The number of thioether (sulfide) groups is 3. The van der Waals surface area contributed by atoms with Gasteiger partial charge in [0.25, 0.3) is 0 Å². The number of hydrogen-bond acceptors (Lipinski definition) is 31. The molecule has 31 heteroatoms. The molecule has 3 aliphatic heterocycles. The fourth-order valence-corrected chi connectivity index (χ4v) is 14.8. The Morgan fingerprint density at radius 2 is 0.494 bits per heavy atom. The first-order valence-electron chi connectivity index (χ1n) is 28.2. The number of hydrogen-bond donors (Lipinski definition) is 1. The molecular formula is C56H84O28S3. The fourth-order valence-electron chi connectivity index (χ4n) is 9.94. The van der Waals surface area contributed by atoms with Crippen LogP contribution in [-0.2, 0) is 129 Å². The van der Waals surface area contributed by atoms with Crippen LogP contribution in [0.15, 0.2) is 0 Å². The molecule has 0 aromatic heterocycles. The van der Waals surface area contributed by atoms with Crippen molar-refractivity contribution in [3.05, 3.63) is 0 Å². The van der Waals surface area contributed by atoms with Crippen LogP contribution in [0.5, 0.6) is 0 Å². The number of aliphatic hydroxyl groups excluding tert-OH is 1. The van der Waals surface area contributed by atoms with Crippen molar-refractivity contribution >= 4 is 107 Å². The zero-order chi connectivity index (χ0) is 65.1. The largest absolute Gasteiger partial charge is 0.465 e. The molecule has 15 atom stereocenters. The minimum atomic E-state index is -1.28. The molecule has 0 radical (unpaired) electrons. The smallest absolute Gasteiger partial charge is 0.303 e. The molecule has 494 valence electrons. The van der Waals surface area contributed by atoms with E-state index in [0.29, 0.717) is 0 Å². The first-order chi connectivity index (χ1) is 40.9. The van der Waals surface area contributed by atoms with E-state index in [2.05, 4.69) is 0 Å². The van der Waals surface area contributed by atoms with E-state index in [0.717, 1.165) is 41.5 Å². The van der Waals surface area contributed by atoms with Gasteiger partial charge in [-0.15, -0.1) is 35.3 Å². The maximum atomic E-state index is 12.5. The topological polar surface area (TPSA) is 364 Å². The molecule has 3 saturated heterocycles. The first kappa shape index (κ1) is 75.8. The van der Waals surface area contributed by atoms with Crippen molar-refractivity contribution in [2.75, 3.05) is 66.1 Å². The summed E-state index contributed by atoms with van der Waals surface area (Å²) in [5.74, 6) is -8.40. The van der Waals surface area contributed by atoms with Gasteiger partial charge < -0.3 is 76.2 Å². The lowest BCUT2D eigenvalue weighted by atomic mass is 9.92. The van der Waals surface area contributed by atoms with E-state index in [4.69, 9.17) is 71.1 Å². The van der Waals surface area contributed by atoms with E-state index in [-0.39, 0.29) is 98.0 Å². The maximum absolute atomic E-state index is 12.5. The quantitative estimate of drug-likeness (QED) is 0.0550. The first-order valence-corrected chi connectivity index (χ1v) is 31.0. The molecule has 0 aliphatic carbocycles. The number of rotatable bonds is 34. The van der Waals surface area contributed by atoms with Gasteiger partial charge >= 0.3 is 71.6 Å². The summed E-state index contributed by atoms with van der Waals surface area (Å²) in [4.78, 5) is 148. The molecule has 0 aromatic rings. The standard InChI is InChI=1S/C56H84O28S3/c1-29(58)73-22-44-50(79-35(7)64)53(82-38(10)67)47(76-32(4)61)41(85-44)16-13-19-70-26-56(25-57,27-71-20-14-17-42-48(77-33(5)62)54(83-39(11)68)51(80-36(8)65)45(86-42)23-74-30(2)59)28-72-21-15-18-43-49(78-34(6)63)55(84-40(12)69)52(81-37(9)66)46(87-43)24-75-31(3)60/h41-55,57H,13-28H2,1-12H3/t41-,42-,43-,44+,45+,46+,47+,48+,49+,50-,51-,52-,53-,54-,55-/m1/s1. The predicted octanol–water partition coefficient (Wildman–Crippen LogP) is 2.88. The van der Waals surface area contributed by atoms with E-state index < -0.39 is 170 Å². The summed E-state index contributed by atoms with van der Waals surface area (Å²) >= 11 is 3.64. The van der Waals surface area contributed by atoms with Crippen LogP contribution in [0.25, 0.3) is 0 Å². The predicted molar refractivity (Wildman–Crippen MR) is 305 cm³/mol. The highest BCUT2D eigenvalue weighted by atomic mass is 32.2. The minimum absolute atomic E-state index is 0.0391. The molecule has 3 rings (SSSR count). The summed E-state index contributed by atoms with van der Waals surface area (Å²) in [6.45, 7) is 12.4. The molecule has 0 amide bonds. The molecule has 3 heterocycles. The molecular weight excluding hydrogens is 1220 g/mol. The van der Waals surface area contributed by atoms with Crippen LogP contribution in [0.4, 0.5) is 0 Å². The second-order valence-corrected chi connectivity index (χ2v) is 25.4. The van der Waals surface area contributed by atoms with Gasteiger partial charge in [-0.05, 0) is 38.5 Å². The van der Waals surface area contributed by atoms with Gasteiger partial charge in [-0.2, -0.15) is 0 Å². The highest BCUT2D eigenvalue weighted by Crippen LogP contribution is 2.43. The Labute approximate surface area is 518 Å².